The second kappa shape index (κ2) is 7.96. The van der Waals surface area contributed by atoms with Crippen LogP contribution in [0.3, 0.4) is 0 Å². The van der Waals surface area contributed by atoms with Crippen molar-refractivity contribution in [1.82, 2.24) is 4.90 Å². The fourth-order valence-electron chi connectivity index (χ4n) is 2.08. The highest BCUT2D eigenvalue weighted by atomic mass is 32.1. The summed E-state index contributed by atoms with van der Waals surface area (Å²) >= 11 is 1.05. The van der Waals surface area contributed by atoms with E-state index in [1.165, 1.54) is 11.8 Å². The first-order valence-corrected chi connectivity index (χ1v) is 7.61. The van der Waals surface area contributed by atoms with E-state index in [0.29, 0.717) is 12.2 Å². The molecule has 1 heterocycles. The van der Waals surface area contributed by atoms with Gasteiger partial charge >= 0.3 is 5.00 Å². The van der Waals surface area contributed by atoms with Gasteiger partial charge < -0.3 is 9.80 Å². The van der Waals surface area contributed by atoms with Crippen LogP contribution in [0.5, 0.6) is 0 Å². The number of carbonyl (C=O) groups is 1. The largest absolute Gasteiger partial charge is 0.347 e. The second-order valence-corrected chi connectivity index (χ2v) is 5.31. The summed E-state index contributed by atoms with van der Waals surface area (Å²) in [6.07, 6.45) is 0.800. The van der Waals surface area contributed by atoms with Crippen molar-refractivity contribution in [3.8, 4) is 0 Å². The summed E-state index contributed by atoms with van der Waals surface area (Å²) in [6.45, 7) is 8.95. The molecule has 1 rings (SSSR count). The van der Waals surface area contributed by atoms with Crippen LogP contribution in [0.15, 0.2) is 11.4 Å². The molecule has 0 spiro atoms. The summed E-state index contributed by atoms with van der Waals surface area (Å²) in [4.78, 5) is 26.0. The molecular weight excluding hydrogens is 278 g/mol. The molecule has 20 heavy (non-hydrogen) atoms. The van der Waals surface area contributed by atoms with Crippen molar-refractivity contribution in [2.24, 2.45) is 0 Å². The number of hydrogen-bond acceptors (Lipinski definition) is 5. The molecule has 0 atom stereocenters. The third kappa shape index (κ3) is 4.28. The Labute approximate surface area is 123 Å². The number of thiophene rings is 1. The lowest BCUT2D eigenvalue weighted by atomic mass is 10.3. The minimum atomic E-state index is -0.430. The summed E-state index contributed by atoms with van der Waals surface area (Å²) in [5.41, 5.74) is 0.409. The molecule has 0 bridgehead atoms. The fraction of sp³-hybridized carbons (Fsp3) is 0.615. The number of nitro groups is 1. The van der Waals surface area contributed by atoms with Crippen LogP contribution in [0.2, 0.25) is 0 Å². The highest BCUT2D eigenvalue weighted by molar-refractivity contribution is 7.14. The van der Waals surface area contributed by atoms with Gasteiger partial charge in [0.2, 0.25) is 5.91 Å². The Morgan fingerprint density at radius 3 is 2.50 bits per heavy atom. The lowest BCUT2D eigenvalue weighted by Crippen LogP contribution is -2.33. The molecule has 0 saturated carbocycles. The van der Waals surface area contributed by atoms with Crippen molar-refractivity contribution >= 4 is 27.9 Å². The molecule has 0 N–H and O–H groups in total. The van der Waals surface area contributed by atoms with Gasteiger partial charge in [-0.25, -0.2) is 0 Å². The van der Waals surface area contributed by atoms with Crippen molar-refractivity contribution in [1.29, 1.82) is 0 Å². The normalized spacial score (nSPS) is 10.8. The summed E-state index contributed by atoms with van der Waals surface area (Å²) in [6, 6.07) is 1.64. The molecule has 112 valence electrons. The van der Waals surface area contributed by atoms with Crippen molar-refractivity contribution in [2.75, 3.05) is 31.1 Å². The first-order valence-electron chi connectivity index (χ1n) is 6.73. The molecule has 1 aromatic rings. The van der Waals surface area contributed by atoms with Gasteiger partial charge in [-0.15, -0.1) is 0 Å². The summed E-state index contributed by atoms with van der Waals surface area (Å²) < 4.78 is 0. The van der Waals surface area contributed by atoms with E-state index in [-0.39, 0.29) is 10.9 Å². The zero-order chi connectivity index (χ0) is 15.1. The maximum Gasteiger partial charge on any atom is 0.347 e. The van der Waals surface area contributed by atoms with Crippen LogP contribution in [0, 0.1) is 10.1 Å². The summed E-state index contributed by atoms with van der Waals surface area (Å²) in [7, 11) is 0. The van der Waals surface area contributed by atoms with E-state index in [0.717, 1.165) is 37.4 Å². The highest BCUT2D eigenvalue weighted by Gasteiger charge is 2.23. The molecule has 0 aliphatic rings. The van der Waals surface area contributed by atoms with Gasteiger partial charge in [-0.1, -0.05) is 25.2 Å². The van der Waals surface area contributed by atoms with Gasteiger partial charge in [0.05, 0.1) is 4.92 Å². The third-order valence-electron chi connectivity index (χ3n) is 3.21. The summed E-state index contributed by atoms with van der Waals surface area (Å²) in [5, 5.41) is 12.6. The number of amides is 1. The van der Waals surface area contributed by atoms with E-state index in [9.17, 15) is 14.9 Å². The van der Waals surface area contributed by atoms with Crippen molar-refractivity contribution < 1.29 is 9.72 Å². The topological polar surface area (TPSA) is 66.7 Å². The van der Waals surface area contributed by atoms with Crippen LogP contribution in [0.25, 0.3) is 0 Å². The Balaban J connectivity index is 2.72. The predicted molar refractivity (Wildman–Crippen MR) is 81.4 cm³/mol. The van der Waals surface area contributed by atoms with Gasteiger partial charge in [-0.05, 0) is 37.5 Å². The molecule has 0 fully saturated rings. The Hall–Kier alpha value is -1.47. The average molecular weight is 299 g/mol. The smallest absolute Gasteiger partial charge is 0.306 e. The monoisotopic (exact) mass is 299 g/mol. The van der Waals surface area contributed by atoms with Gasteiger partial charge in [-0.2, -0.15) is 0 Å². The van der Waals surface area contributed by atoms with Crippen LogP contribution in [-0.2, 0) is 4.79 Å². The van der Waals surface area contributed by atoms with Gasteiger partial charge in [0.1, 0.15) is 5.69 Å². The Morgan fingerprint density at radius 1 is 1.35 bits per heavy atom. The number of carbonyl (C=O) groups excluding carboxylic acids is 1. The number of rotatable bonds is 8. The van der Waals surface area contributed by atoms with Crippen molar-refractivity contribution in [3.05, 3.63) is 21.6 Å². The number of anilines is 1. The van der Waals surface area contributed by atoms with Gasteiger partial charge in [0, 0.05) is 13.5 Å². The Bertz CT molecular complexity index is 457. The Morgan fingerprint density at radius 2 is 2.00 bits per heavy atom. The molecular formula is C13H21N3O3S. The number of hydrogen-bond donors (Lipinski definition) is 0. The van der Waals surface area contributed by atoms with E-state index >= 15 is 0 Å². The molecule has 0 aliphatic heterocycles. The minimum Gasteiger partial charge on any atom is -0.306 e. The SMILES string of the molecule is CCN(CC)CCCN(C(C)=O)c1ccsc1[N+](=O)[O-]. The van der Waals surface area contributed by atoms with Crippen LogP contribution in [0.4, 0.5) is 10.7 Å². The van der Waals surface area contributed by atoms with Crippen LogP contribution in [0.1, 0.15) is 27.2 Å². The molecule has 0 aromatic carbocycles. The van der Waals surface area contributed by atoms with E-state index in [1.54, 1.807) is 11.4 Å². The highest BCUT2D eigenvalue weighted by Crippen LogP contribution is 2.34. The molecule has 6 nitrogen and oxygen atoms in total. The zero-order valence-corrected chi connectivity index (χ0v) is 13.0. The van der Waals surface area contributed by atoms with Crippen molar-refractivity contribution in [3.63, 3.8) is 0 Å². The van der Waals surface area contributed by atoms with Gasteiger partial charge in [0.15, 0.2) is 0 Å². The molecule has 1 aromatic heterocycles. The van der Waals surface area contributed by atoms with Crippen LogP contribution < -0.4 is 4.90 Å². The molecule has 0 aliphatic carbocycles. The van der Waals surface area contributed by atoms with E-state index in [2.05, 4.69) is 18.7 Å². The fourth-order valence-corrected chi connectivity index (χ4v) is 2.79. The minimum absolute atomic E-state index is 0.0306. The maximum absolute atomic E-state index is 11.7. The first-order chi connectivity index (χ1) is 9.51. The van der Waals surface area contributed by atoms with E-state index in [1.807, 2.05) is 0 Å². The predicted octanol–water partition coefficient (Wildman–Crippen LogP) is 2.74. The maximum atomic E-state index is 11.7. The third-order valence-corrected chi connectivity index (χ3v) is 4.07. The molecule has 1 amide bonds. The lowest BCUT2D eigenvalue weighted by Gasteiger charge is -2.22. The van der Waals surface area contributed by atoms with E-state index in [4.69, 9.17) is 0 Å². The first kappa shape index (κ1) is 16.6. The van der Waals surface area contributed by atoms with E-state index < -0.39 is 4.92 Å². The van der Waals surface area contributed by atoms with Crippen molar-refractivity contribution in [2.45, 2.75) is 27.2 Å². The average Bonchev–Trinajstić information content (AvgIpc) is 2.87. The van der Waals surface area contributed by atoms with Gasteiger partial charge in [0.25, 0.3) is 0 Å². The second-order valence-electron chi connectivity index (χ2n) is 4.42. The molecule has 0 unspecified atom stereocenters. The Kier molecular flexibility index (Phi) is 6.60. The number of nitrogens with zero attached hydrogens (tertiary/aromatic N) is 3. The van der Waals surface area contributed by atoms with Crippen LogP contribution >= 0.6 is 11.3 Å². The van der Waals surface area contributed by atoms with Gasteiger partial charge in [-0.3, -0.25) is 14.9 Å². The quantitative estimate of drug-likeness (QED) is 0.547. The summed E-state index contributed by atoms with van der Waals surface area (Å²) in [5.74, 6) is -0.161. The molecule has 7 heteroatoms. The zero-order valence-electron chi connectivity index (χ0n) is 12.2. The molecule has 0 radical (unpaired) electrons. The van der Waals surface area contributed by atoms with Crippen LogP contribution in [-0.4, -0.2) is 41.9 Å². The molecule has 0 saturated heterocycles. The standard InChI is InChI=1S/C13H21N3O3S/c1-4-14(5-2)8-6-9-15(11(3)17)12-7-10-20-13(12)16(18)19/h7,10H,4-6,8-9H2,1-3H3. The lowest BCUT2D eigenvalue weighted by molar-refractivity contribution is -0.379.